The predicted octanol–water partition coefficient (Wildman–Crippen LogP) is 3.20. The number of halogens is 1. The molecule has 0 unspecified atom stereocenters. The van der Waals surface area contributed by atoms with E-state index in [0.29, 0.717) is 5.69 Å². The maximum atomic E-state index is 12.9. The van der Waals surface area contributed by atoms with Crippen LogP contribution in [0.25, 0.3) is 0 Å². The Labute approximate surface area is 119 Å². The Morgan fingerprint density at radius 3 is 2.38 bits per heavy atom. The second-order valence-corrected chi connectivity index (χ2v) is 4.30. The summed E-state index contributed by atoms with van der Waals surface area (Å²) < 4.78 is 12.9. The number of carboxylic acids is 1. The Hall–Kier alpha value is -2.96. The Morgan fingerprint density at radius 1 is 1.24 bits per heavy atom. The van der Waals surface area contributed by atoms with Crippen molar-refractivity contribution < 1.29 is 19.2 Å². The van der Waals surface area contributed by atoms with Crippen LogP contribution in [-0.2, 0) is 0 Å². The molecule has 2 aromatic carbocycles. The molecule has 0 saturated carbocycles. The summed E-state index contributed by atoms with van der Waals surface area (Å²) in [5.74, 6) is -1.66. The molecule has 0 saturated heterocycles. The van der Waals surface area contributed by atoms with E-state index in [0.717, 1.165) is 6.07 Å². The predicted molar refractivity (Wildman–Crippen MR) is 74.5 cm³/mol. The Balaban J connectivity index is 2.49. The summed E-state index contributed by atoms with van der Waals surface area (Å²) in [7, 11) is 1.58. The van der Waals surface area contributed by atoms with E-state index in [9.17, 15) is 19.3 Å². The van der Waals surface area contributed by atoms with Crippen LogP contribution in [0.1, 0.15) is 10.4 Å². The molecule has 0 aliphatic carbocycles. The first-order chi connectivity index (χ1) is 9.90. The molecule has 108 valence electrons. The molecule has 2 aromatic rings. The third-order valence-electron chi connectivity index (χ3n) is 2.99. The van der Waals surface area contributed by atoms with Gasteiger partial charge in [0.1, 0.15) is 11.5 Å². The van der Waals surface area contributed by atoms with Gasteiger partial charge in [-0.05, 0) is 36.4 Å². The van der Waals surface area contributed by atoms with Gasteiger partial charge in [0.25, 0.3) is 5.69 Å². The highest BCUT2D eigenvalue weighted by atomic mass is 19.1. The largest absolute Gasteiger partial charge is 0.478 e. The normalized spacial score (nSPS) is 10.2. The highest BCUT2D eigenvalue weighted by Crippen LogP contribution is 2.33. The summed E-state index contributed by atoms with van der Waals surface area (Å²) in [5.41, 5.74) is 0.263. The summed E-state index contributed by atoms with van der Waals surface area (Å²) in [6.45, 7) is 0. The van der Waals surface area contributed by atoms with Crippen LogP contribution in [-0.4, -0.2) is 23.0 Å². The lowest BCUT2D eigenvalue weighted by Gasteiger charge is -2.19. The molecular weight excluding hydrogens is 279 g/mol. The van der Waals surface area contributed by atoms with Gasteiger partial charge in [0.15, 0.2) is 0 Å². The lowest BCUT2D eigenvalue weighted by Crippen LogP contribution is -2.12. The zero-order chi connectivity index (χ0) is 15.6. The maximum absolute atomic E-state index is 12.9. The van der Waals surface area contributed by atoms with Crippen LogP contribution in [0, 0.1) is 15.9 Å². The molecule has 2 rings (SSSR count). The van der Waals surface area contributed by atoms with Crippen molar-refractivity contribution in [2.45, 2.75) is 0 Å². The second-order valence-electron chi connectivity index (χ2n) is 4.30. The van der Waals surface area contributed by atoms with Crippen LogP contribution in [0.4, 0.5) is 21.5 Å². The fourth-order valence-corrected chi connectivity index (χ4v) is 1.89. The minimum Gasteiger partial charge on any atom is -0.478 e. The number of benzene rings is 2. The highest BCUT2D eigenvalue weighted by Gasteiger charge is 2.20. The minimum absolute atomic E-state index is 0.169. The fraction of sp³-hybridized carbons (Fsp3) is 0.0714. The van der Waals surface area contributed by atoms with Gasteiger partial charge in [0.2, 0.25) is 0 Å². The zero-order valence-corrected chi connectivity index (χ0v) is 11.0. The lowest BCUT2D eigenvalue weighted by molar-refractivity contribution is -0.384. The number of anilines is 2. The summed E-state index contributed by atoms with van der Waals surface area (Å²) >= 11 is 0. The number of hydrogen-bond acceptors (Lipinski definition) is 4. The molecule has 0 aliphatic heterocycles. The van der Waals surface area contributed by atoms with E-state index in [-0.39, 0.29) is 16.9 Å². The van der Waals surface area contributed by atoms with Crippen LogP contribution < -0.4 is 4.90 Å². The molecule has 1 N–H and O–H groups in total. The first kappa shape index (κ1) is 14.4. The first-order valence-corrected chi connectivity index (χ1v) is 5.91. The van der Waals surface area contributed by atoms with E-state index in [1.54, 1.807) is 7.05 Å². The molecule has 21 heavy (non-hydrogen) atoms. The van der Waals surface area contributed by atoms with Crippen LogP contribution in [0.5, 0.6) is 0 Å². The van der Waals surface area contributed by atoms with Gasteiger partial charge in [-0.15, -0.1) is 0 Å². The minimum atomic E-state index is -1.24. The maximum Gasteiger partial charge on any atom is 0.335 e. The highest BCUT2D eigenvalue weighted by molar-refractivity contribution is 5.90. The van der Waals surface area contributed by atoms with Crippen molar-refractivity contribution in [3.05, 3.63) is 64.0 Å². The van der Waals surface area contributed by atoms with Crippen LogP contribution in [0.2, 0.25) is 0 Å². The van der Waals surface area contributed by atoms with Crippen LogP contribution >= 0.6 is 0 Å². The quantitative estimate of drug-likeness (QED) is 0.690. The number of aromatic carboxylic acids is 1. The second kappa shape index (κ2) is 5.58. The number of carbonyl (C=O) groups is 1. The average molecular weight is 290 g/mol. The van der Waals surface area contributed by atoms with Gasteiger partial charge in [-0.25, -0.2) is 9.18 Å². The van der Waals surface area contributed by atoms with Crippen molar-refractivity contribution in [1.82, 2.24) is 0 Å². The average Bonchev–Trinajstić information content (AvgIpc) is 2.46. The van der Waals surface area contributed by atoms with E-state index >= 15 is 0 Å². The van der Waals surface area contributed by atoms with E-state index in [1.165, 1.54) is 41.3 Å². The van der Waals surface area contributed by atoms with Gasteiger partial charge >= 0.3 is 5.97 Å². The van der Waals surface area contributed by atoms with Gasteiger partial charge in [0, 0.05) is 18.8 Å². The molecule has 0 aromatic heterocycles. The molecule has 0 aliphatic rings. The van der Waals surface area contributed by atoms with Crippen molar-refractivity contribution >= 4 is 23.0 Å². The van der Waals surface area contributed by atoms with Crippen LogP contribution in [0.15, 0.2) is 42.5 Å². The molecule has 6 nitrogen and oxygen atoms in total. The molecule has 0 heterocycles. The van der Waals surface area contributed by atoms with E-state index in [2.05, 4.69) is 0 Å². The van der Waals surface area contributed by atoms with Crippen molar-refractivity contribution in [2.24, 2.45) is 0 Å². The molecule has 0 spiro atoms. The van der Waals surface area contributed by atoms with Crippen LogP contribution in [0.3, 0.4) is 0 Å². The SMILES string of the molecule is CN(c1ccc(F)cc1)c1ccc(C(=O)O)cc1[N+](=O)[O-]. The Morgan fingerprint density at radius 2 is 1.86 bits per heavy atom. The van der Waals surface area contributed by atoms with E-state index in [1.807, 2.05) is 0 Å². The fourth-order valence-electron chi connectivity index (χ4n) is 1.89. The number of nitro groups is 1. The summed E-state index contributed by atoms with van der Waals surface area (Å²) in [6.07, 6.45) is 0. The van der Waals surface area contributed by atoms with Gasteiger partial charge < -0.3 is 10.0 Å². The third kappa shape index (κ3) is 2.97. The molecule has 7 heteroatoms. The van der Waals surface area contributed by atoms with Crippen molar-refractivity contribution in [3.63, 3.8) is 0 Å². The van der Waals surface area contributed by atoms with Crippen molar-refractivity contribution in [3.8, 4) is 0 Å². The first-order valence-electron chi connectivity index (χ1n) is 5.91. The number of carboxylic acid groups (broad SMARTS) is 1. The molecule has 0 amide bonds. The van der Waals surface area contributed by atoms with E-state index < -0.39 is 16.7 Å². The summed E-state index contributed by atoms with van der Waals surface area (Å²) in [6, 6.07) is 9.06. The molecule has 0 fully saturated rings. The van der Waals surface area contributed by atoms with Crippen molar-refractivity contribution in [2.75, 3.05) is 11.9 Å². The summed E-state index contributed by atoms with van der Waals surface area (Å²) in [4.78, 5) is 22.8. The van der Waals surface area contributed by atoms with Gasteiger partial charge in [-0.3, -0.25) is 10.1 Å². The number of rotatable bonds is 4. The number of nitrogens with zero attached hydrogens (tertiary/aromatic N) is 2. The smallest absolute Gasteiger partial charge is 0.335 e. The van der Waals surface area contributed by atoms with Gasteiger partial charge in [0.05, 0.1) is 10.5 Å². The lowest BCUT2D eigenvalue weighted by atomic mass is 10.1. The van der Waals surface area contributed by atoms with Gasteiger partial charge in [-0.1, -0.05) is 0 Å². The zero-order valence-electron chi connectivity index (χ0n) is 11.0. The number of hydrogen-bond donors (Lipinski definition) is 1. The van der Waals surface area contributed by atoms with Gasteiger partial charge in [-0.2, -0.15) is 0 Å². The van der Waals surface area contributed by atoms with Crippen molar-refractivity contribution in [1.29, 1.82) is 0 Å². The Bertz CT molecular complexity index is 701. The molecule has 0 bridgehead atoms. The monoisotopic (exact) mass is 290 g/mol. The van der Waals surface area contributed by atoms with E-state index in [4.69, 9.17) is 5.11 Å². The molecule has 0 radical (unpaired) electrons. The molecular formula is C14H11FN2O4. The standard InChI is InChI=1S/C14H11FN2O4/c1-16(11-5-3-10(15)4-6-11)12-7-2-9(14(18)19)8-13(12)17(20)21/h2-8H,1H3,(H,18,19). The third-order valence-corrected chi connectivity index (χ3v) is 2.99. The Kier molecular flexibility index (Phi) is 3.84. The summed E-state index contributed by atoms with van der Waals surface area (Å²) in [5, 5.41) is 20.0. The number of nitro benzene ring substituents is 1. The topological polar surface area (TPSA) is 83.7 Å². The molecule has 0 atom stereocenters.